The molecule has 0 aliphatic rings. The Morgan fingerprint density at radius 1 is 1.82 bits per heavy atom. The number of carbonyl (C=O) groups is 1. The van der Waals surface area contributed by atoms with Crippen molar-refractivity contribution >= 4 is 5.97 Å². The summed E-state index contributed by atoms with van der Waals surface area (Å²) in [6, 6.07) is -0.961. The van der Waals surface area contributed by atoms with Crippen LogP contribution in [0.1, 0.15) is 20.3 Å². The van der Waals surface area contributed by atoms with E-state index in [0.717, 1.165) is 0 Å². The van der Waals surface area contributed by atoms with Gasteiger partial charge in [-0.05, 0) is 13.3 Å². The monoisotopic (exact) mass is 161 g/mol. The van der Waals surface area contributed by atoms with Crippen LogP contribution in [-0.2, 0) is 9.53 Å². The highest BCUT2D eigenvalue weighted by molar-refractivity contribution is 5.74. The van der Waals surface area contributed by atoms with E-state index >= 15 is 0 Å². The highest BCUT2D eigenvalue weighted by atomic mass is 16.5. The van der Waals surface area contributed by atoms with Crippen molar-refractivity contribution in [2.75, 3.05) is 7.11 Å². The molecule has 2 atom stereocenters. The van der Waals surface area contributed by atoms with Gasteiger partial charge in [0.1, 0.15) is 6.04 Å². The number of aliphatic carboxylic acids is 1. The van der Waals surface area contributed by atoms with E-state index in [4.69, 9.17) is 15.6 Å². The molecule has 0 unspecified atom stereocenters. The van der Waals surface area contributed by atoms with Crippen molar-refractivity contribution in [3.05, 3.63) is 0 Å². The largest absolute Gasteiger partial charge is 0.480 e. The molecule has 4 nitrogen and oxygen atoms in total. The molecule has 0 aromatic rings. The minimum absolute atomic E-state index is 0.580. The van der Waals surface area contributed by atoms with E-state index in [1.54, 1.807) is 6.92 Å². The second-order valence-electron chi connectivity index (χ2n) is 2.69. The smallest absolute Gasteiger partial charge is 0.323 e. The first-order valence-corrected chi connectivity index (χ1v) is 3.51. The van der Waals surface area contributed by atoms with Crippen molar-refractivity contribution in [1.82, 2.24) is 0 Å². The molecule has 0 saturated carbocycles. The Morgan fingerprint density at radius 2 is 2.27 bits per heavy atom. The van der Waals surface area contributed by atoms with Crippen LogP contribution in [0.4, 0.5) is 0 Å². The van der Waals surface area contributed by atoms with Crippen molar-refractivity contribution in [2.45, 2.75) is 31.9 Å². The second kappa shape index (κ2) is 3.69. The maximum atomic E-state index is 10.5. The Kier molecular flexibility index (Phi) is 3.48. The molecule has 0 aliphatic heterocycles. The van der Waals surface area contributed by atoms with Gasteiger partial charge in [-0.15, -0.1) is 0 Å². The van der Waals surface area contributed by atoms with E-state index in [-0.39, 0.29) is 0 Å². The lowest BCUT2D eigenvalue weighted by atomic mass is 9.94. The molecule has 66 valence electrons. The third-order valence-corrected chi connectivity index (χ3v) is 2.09. The van der Waals surface area contributed by atoms with Crippen molar-refractivity contribution in [3.63, 3.8) is 0 Å². The van der Waals surface area contributed by atoms with Crippen LogP contribution < -0.4 is 5.73 Å². The van der Waals surface area contributed by atoms with E-state index in [2.05, 4.69) is 0 Å². The quantitative estimate of drug-likeness (QED) is 0.618. The van der Waals surface area contributed by atoms with Crippen LogP contribution in [-0.4, -0.2) is 29.8 Å². The highest BCUT2D eigenvalue weighted by Gasteiger charge is 2.34. The predicted molar refractivity (Wildman–Crippen MR) is 41.3 cm³/mol. The average molecular weight is 161 g/mol. The van der Waals surface area contributed by atoms with Gasteiger partial charge in [0.2, 0.25) is 0 Å². The van der Waals surface area contributed by atoms with Crippen LogP contribution in [0, 0.1) is 0 Å². The van der Waals surface area contributed by atoms with E-state index in [1.807, 2.05) is 6.92 Å². The molecule has 4 heteroatoms. The van der Waals surface area contributed by atoms with Gasteiger partial charge in [0.25, 0.3) is 0 Å². The molecule has 0 spiro atoms. The van der Waals surface area contributed by atoms with Crippen LogP contribution in [0.25, 0.3) is 0 Å². The molecule has 0 heterocycles. The van der Waals surface area contributed by atoms with Gasteiger partial charge in [0.15, 0.2) is 0 Å². The zero-order valence-electron chi connectivity index (χ0n) is 7.13. The molecule has 0 aromatic heterocycles. The second-order valence-corrected chi connectivity index (χ2v) is 2.69. The Bertz CT molecular complexity index is 143. The fraction of sp³-hybridized carbons (Fsp3) is 0.857. The Morgan fingerprint density at radius 3 is 2.36 bits per heavy atom. The fourth-order valence-electron chi connectivity index (χ4n) is 0.752. The molecule has 0 bridgehead atoms. The summed E-state index contributed by atoms with van der Waals surface area (Å²) < 4.78 is 5.00. The SMILES string of the molecule is CC[C@@](C)(OC)[C@H](N)C(=O)O. The van der Waals surface area contributed by atoms with E-state index < -0.39 is 17.6 Å². The highest BCUT2D eigenvalue weighted by Crippen LogP contribution is 2.17. The average Bonchev–Trinajstić information content (AvgIpc) is 2.01. The van der Waals surface area contributed by atoms with Gasteiger partial charge in [-0.25, -0.2) is 0 Å². The topological polar surface area (TPSA) is 72.5 Å². The summed E-state index contributed by atoms with van der Waals surface area (Å²) in [5.41, 5.74) is 4.63. The lowest BCUT2D eigenvalue weighted by Crippen LogP contribution is -2.51. The summed E-state index contributed by atoms with van der Waals surface area (Å²) in [4.78, 5) is 10.5. The normalized spacial score (nSPS) is 18.9. The Labute approximate surface area is 66.3 Å². The van der Waals surface area contributed by atoms with Gasteiger partial charge in [-0.2, -0.15) is 0 Å². The standard InChI is InChI=1S/C7H15NO3/c1-4-7(2,11-3)5(8)6(9)10/h5H,4,8H2,1-3H3,(H,9,10)/t5-,7-/m1/s1. The number of methoxy groups -OCH3 is 1. The number of carboxylic acids is 1. The van der Waals surface area contributed by atoms with Crippen LogP contribution >= 0.6 is 0 Å². The molecule has 0 aromatic carbocycles. The van der Waals surface area contributed by atoms with Crippen LogP contribution in [0.15, 0.2) is 0 Å². The zero-order chi connectivity index (χ0) is 9.07. The Balaban J connectivity index is 4.36. The summed E-state index contributed by atoms with van der Waals surface area (Å²) in [5, 5.41) is 8.57. The van der Waals surface area contributed by atoms with Crippen LogP contribution in [0.2, 0.25) is 0 Å². The lowest BCUT2D eigenvalue weighted by Gasteiger charge is -2.30. The zero-order valence-corrected chi connectivity index (χ0v) is 7.13. The molecule has 11 heavy (non-hydrogen) atoms. The van der Waals surface area contributed by atoms with Crippen LogP contribution in [0.5, 0.6) is 0 Å². The molecule has 0 fully saturated rings. The number of ether oxygens (including phenoxy) is 1. The lowest BCUT2D eigenvalue weighted by molar-refractivity contribution is -0.146. The summed E-state index contributed by atoms with van der Waals surface area (Å²) in [6.45, 7) is 3.53. The molecular weight excluding hydrogens is 146 g/mol. The predicted octanol–water partition coefficient (Wildman–Crippen LogP) is 0.213. The number of carboxylic acid groups (broad SMARTS) is 1. The van der Waals surface area contributed by atoms with Gasteiger partial charge in [-0.1, -0.05) is 6.92 Å². The molecule has 3 N–H and O–H groups in total. The van der Waals surface area contributed by atoms with Gasteiger partial charge < -0.3 is 15.6 Å². The maximum Gasteiger partial charge on any atom is 0.323 e. The van der Waals surface area contributed by atoms with Crippen LogP contribution in [0.3, 0.4) is 0 Å². The van der Waals surface area contributed by atoms with Crippen molar-refractivity contribution in [2.24, 2.45) is 5.73 Å². The first-order chi connectivity index (χ1) is 4.98. The minimum Gasteiger partial charge on any atom is -0.480 e. The first-order valence-electron chi connectivity index (χ1n) is 3.51. The molecule has 0 aliphatic carbocycles. The number of hydrogen-bond acceptors (Lipinski definition) is 3. The number of nitrogens with two attached hydrogens (primary N) is 1. The molecular formula is C7H15NO3. The van der Waals surface area contributed by atoms with Crippen molar-refractivity contribution in [1.29, 1.82) is 0 Å². The molecule has 0 rings (SSSR count). The molecule has 0 radical (unpaired) electrons. The minimum atomic E-state index is -1.03. The van der Waals surface area contributed by atoms with Gasteiger partial charge >= 0.3 is 5.97 Å². The third-order valence-electron chi connectivity index (χ3n) is 2.09. The van der Waals surface area contributed by atoms with Gasteiger partial charge in [0.05, 0.1) is 5.60 Å². The van der Waals surface area contributed by atoms with Gasteiger partial charge in [-0.3, -0.25) is 4.79 Å². The Hall–Kier alpha value is -0.610. The number of hydrogen-bond donors (Lipinski definition) is 2. The van der Waals surface area contributed by atoms with E-state index in [0.29, 0.717) is 6.42 Å². The third kappa shape index (κ3) is 2.17. The summed E-state index contributed by atoms with van der Waals surface area (Å²) in [6.07, 6.45) is 0.580. The van der Waals surface area contributed by atoms with E-state index in [1.165, 1.54) is 7.11 Å². The fourth-order valence-corrected chi connectivity index (χ4v) is 0.752. The molecule has 0 amide bonds. The summed E-state index contributed by atoms with van der Waals surface area (Å²) in [7, 11) is 1.46. The first kappa shape index (κ1) is 10.4. The maximum absolute atomic E-state index is 10.5. The van der Waals surface area contributed by atoms with Gasteiger partial charge in [0, 0.05) is 7.11 Å². The van der Waals surface area contributed by atoms with Crippen molar-refractivity contribution in [3.8, 4) is 0 Å². The summed E-state index contributed by atoms with van der Waals surface area (Å²) in [5.74, 6) is -1.03. The summed E-state index contributed by atoms with van der Waals surface area (Å²) >= 11 is 0. The molecule has 0 saturated heterocycles. The van der Waals surface area contributed by atoms with Crippen molar-refractivity contribution < 1.29 is 14.6 Å². The van der Waals surface area contributed by atoms with E-state index in [9.17, 15) is 4.79 Å². The number of rotatable bonds is 4.